The van der Waals surface area contributed by atoms with E-state index in [1.54, 1.807) is 43.3 Å². The van der Waals surface area contributed by atoms with Gasteiger partial charge in [-0.1, -0.05) is 12.1 Å². The van der Waals surface area contributed by atoms with Crippen LogP contribution >= 0.6 is 0 Å². The molecule has 0 saturated heterocycles. The lowest BCUT2D eigenvalue weighted by atomic mass is 10.1. The third-order valence-corrected chi connectivity index (χ3v) is 5.99. The zero-order valence-corrected chi connectivity index (χ0v) is 16.3. The molecule has 0 saturated carbocycles. The Labute approximate surface area is 155 Å². The number of nitrogens with zero attached hydrogens (tertiary/aromatic N) is 2. The minimum absolute atomic E-state index is 0.0137. The van der Waals surface area contributed by atoms with E-state index in [9.17, 15) is 13.2 Å². The highest BCUT2D eigenvalue weighted by atomic mass is 32.2. The van der Waals surface area contributed by atoms with E-state index < -0.39 is 10.0 Å². The minimum atomic E-state index is -3.43. The number of amides is 1. The number of aryl methyl sites for hydroxylation is 1. The summed E-state index contributed by atoms with van der Waals surface area (Å²) in [5, 5.41) is 0. The van der Waals surface area contributed by atoms with Crippen LogP contribution in [-0.4, -0.2) is 46.9 Å². The summed E-state index contributed by atoms with van der Waals surface area (Å²) in [7, 11) is 2.89. The fourth-order valence-corrected chi connectivity index (χ4v) is 3.31. The molecule has 2 aromatic rings. The Morgan fingerprint density at radius 1 is 0.962 bits per heavy atom. The van der Waals surface area contributed by atoms with Crippen molar-refractivity contribution in [3.8, 4) is 5.75 Å². The molecule has 0 aromatic heterocycles. The fourth-order valence-electron chi connectivity index (χ4n) is 2.41. The van der Waals surface area contributed by atoms with Gasteiger partial charge in [-0.3, -0.25) is 4.79 Å². The van der Waals surface area contributed by atoms with Gasteiger partial charge in [-0.15, -0.1) is 0 Å². The molecule has 0 unspecified atom stereocenters. The largest absolute Gasteiger partial charge is 0.497 e. The second kappa shape index (κ2) is 8.33. The van der Waals surface area contributed by atoms with Crippen LogP contribution in [0, 0.1) is 0 Å². The van der Waals surface area contributed by atoms with Gasteiger partial charge in [0.15, 0.2) is 0 Å². The summed E-state index contributed by atoms with van der Waals surface area (Å²) in [6.07, 6.45) is 0.879. The molecular formula is C19H24N2O4S. The molecule has 0 fully saturated rings. The van der Waals surface area contributed by atoms with E-state index in [4.69, 9.17) is 4.74 Å². The molecule has 0 aliphatic rings. The second-order valence-electron chi connectivity index (χ2n) is 6.08. The third-order valence-electron chi connectivity index (χ3n) is 4.16. The molecule has 2 rings (SSSR count). The minimum Gasteiger partial charge on any atom is -0.497 e. The Bertz CT molecular complexity index is 844. The summed E-state index contributed by atoms with van der Waals surface area (Å²) in [4.78, 5) is 14.2. The lowest BCUT2D eigenvalue weighted by Gasteiger charge is -2.18. The van der Waals surface area contributed by atoms with E-state index in [-0.39, 0.29) is 10.8 Å². The normalized spacial score (nSPS) is 11.4. The maximum absolute atomic E-state index is 12.4. The van der Waals surface area contributed by atoms with Crippen LogP contribution in [0.3, 0.4) is 0 Å². The Morgan fingerprint density at radius 3 is 2.04 bits per heavy atom. The lowest BCUT2D eigenvalue weighted by molar-refractivity contribution is -0.118. The van der Waals surface area contributed by atoms with E-state index >= 15 is 0 Å². The molecule has 0 N–H and O–H groups in total. The molecule has 1 amide bonds. The van der Waals surface area contributed by atoms with E-state index in [2.05, 4.69) is 0 Å². The third kappa shape index (κ3) is 4.62. The number of ether oxygens (including phenoxy) is 1. The van der Waals surface area contributed by atoms with Crippen LogP contribution in [0.1, 0.15) is 12.0 Å². The molecule has 0 aliphatic heterocycles. The first-order valence-electron chi connectivity index (χ1n) is 8.18. The van der Waals surface area contributed by atoms with Gasteiger partial charge in [0.1, 0.15) is 5.75 Å². The van der Waals surface area contributed by atoms with Crippen molar-refractivity contribution in [2.24, 2.45) is 0 Å². The van der Waals surface area contributed by atoms with Crippen molar-refractivity contribution < 1.29 is 17.9 Å². The number of carbonyl (C=O) groups is 1. The molecule has 7 heteroatoms. The summed E-state index contributed by atoms with van der Waals surface area (Å²) in [6, 6.07) is 13.9. The van der Waals surface area contributed by atoms with Crippen molar-refractivity contribution in [2.75, 3.05) is 33.2 Å². The molecule has 0 spiro atoms. The van der Waals surface area contributed by atoms with Crippen molar-refractivity contribution in [3.05, 3.63) is 54.1 Å². The number of carbonyl (C=O) groups excluding carboxylic acids is 1. The first-order valence-corrected chi connectivity index (χ1v) is 9.62. The van der Waals surface area contributed by atoms with Gasteiger partial charge in [0, 0.05) is 33.3 Å². The maximum Gasteiger partial charge on any atom is 0.242 e. The van der Waals surface area contributed by atoms with Gasteiger partial charge in [0.2, 0.25) is 15.9 Å². The molecule has 0 aliphatic carbocycles. The van der Waals surface area contributed by atoms with Crippen LogP contribution in [0.25, 0.3) is 0 Å². The summed E-state index contributed by atoms with van der Waals surface area (Å²) in [6.45, 7) is 0. The monoisotopic (exact) mass is 376 g/mol. The summed E-state index contributed by atoms with van der Waals surface area (Å²) in [5.74, 6) is 0.725. The average molecular weight is 376 g/mol. The SMILES string of the molecule is COc1ccc(N(C)C(=O)CCc2ccc(S(=O)(=O)N(C)C)cc2)cc1. The van der Waals surface area contributed by atoms with E-state index in [0.717, 1.165) is 17.0 Å². The maximum atomic E-state index is 12.4. The number of sulfonamides is 1. The Balaban J connectivity index is 1.98. The first-order chi connectivity index (χ1) is 12.3. The molecule has 26 heavy (non-hydrogen) atoms. The van der Waals surface area contributed by atoms with Gasteiger partial charge in [-0.05, 0) is 48.4 Å². The lowest BCUT2D eigenvalue weighted by Crippen LogP contribution is -2.26. The summed E-state index contributed by atoms with van der Waals surface area (Å²) >= 11 is 0. The van der Waals surface area contributed by atoms with Crippen molar-refractivity contribution in [2.45, 2.75) is 17.7 Å². The number of hydrogen-bond acceptors (Lipinski definition) is 4. The van der Waals surface area contributed by atoms with Crippen molar-refractivity contribution in [1.29, 1.82) is 0 Å². The number of anilines is 1. The molecule has 0 bridgehead atoms. The van der Waals surface area contributed by atoms with Crippen molar-refractivity contribution in [1.82, 2.24) is 4.31 Å². The predicted molar refractivity (Wildman–Crippen MR) is 102 cm³/mol. The molecule has 140 valence electrons. The Morgan fingerprint density at radius 2 is 1.54 bits per heavy atom. The van der Waals surface area contributed by atoms with Crippen LogP contribution in [0.2, 0.25) is 0 Å². The van der Waals surface area contributed by atoms with Gasteiger partial charge in [-0.25, -0.2) is 12.7 Å². The van der Waals surface area contributed by atoms with Gasteiger partial charge in [0.05, 0.1) is 12.0 Å². The highest BCUT2D eigenvalue weighted by Gasteiger charge is 2.17. The zero-order valence-electron chi connectivity index (χ0n) is 15.5. The molecule has 0 radical (unpaired) electrons. The van der Waals surface area contributed by atoms with Crippen LogP contribution in [0.4, 0.5) is 5.69 Å². The van der Waals surface area contributed by atoms with E-state index in [0.29, 0.717) is 12.8 Å². The van der Waals surface area contributed by atoms with Crippen LogP contribution in [0.15, 0.2) is 53.4 Å². The molecule has 2 aromatic carbocycles. The zero-order chi connectivity index (χ0) is 19.3. The van der Waals surface area contributed by atoms with Crippen LogP contribution < -0.4 is 9.64 Å². The average Bonchev–Trinajstić information content (AvgIpc) is 2.65. The van der Waals surface area contributed by atoms with Crippen molar-refractivity contribution in [3.63, 3.8) is 0 Å². The fraction of sp³-hybridized carbons (Fsp3) is 0.316. The number of methoxy groups -OCH3 is 1. The van der Waals surface area contributed by atoms with E-state index in [1.165, 1.54) is 18.4 Å². The van der Waals surface area contributed by atoms with Gasteiger partial charge < -0.3 is 9.64 Å². The summed E-state index contributed by atoms with van der Waals surface area (Å²) in [5.41, 5.74) is 1.71. The van der Waals surface area contributed by atoms with Crippen LogP contribution in [0.5, 0.6) is 5.75 Å². The second-order valence-corrected chi connectivity index (χ2v) is 8.23. The highest BCUT2D eigenvalue weighted by molar-refractivity contribution is 7.89. The molecule has 0 atom stereocenters. The van der Waals surface area contributed by atoms with E-state index in [1.807, 2.05) is 24.3 Å². The van der Waals surface area contributed by atoms with Gasteiger partial charge in [-0.2, -0.15) is 0 Å². The highest BCUT2D eigenvalue weighted by Crippen LogP contribution is 2.19. The topological polar surface area (TPSA) is 66.9 Å². The standard InChI is InChI=1S/C19H24N2O4S/c1-20(2)26(23,24)18-12-5-15(6-13-18)7-14-19(22)21(3)16-8-10-17(25-4)11-9-16/h5-6,8-13H,7,14H2,1-4H3. The Hall–Kier alpha value is -2.38. The number of rotatable bonds is 7. The van der Waals surface area contributed by atoms with Crippen LogP contribution in [-0.2, 0) is 21.2 Å². The summed E-state index contributed by atoms with van der Waals surface area (Å²) < 4.78 is 30.4. The first kappa shape index (κ1) is 19.9. The molecular weight excluding hydrogens is 352 g/mol. The van der Waals surface area contributed by atoms with Gasteiger partial charge >= 0.3 is 0 Å². The predicted octanol–water partition coefficient (Wildman–Crippen LogP) is 2.54. The number of benzene rings is 2. The molecule has 6 nitrogen and oxygen atoms in total. The smallest absolute Gasteiger partial charge is 0.242 e. The van der Waals surface area contributed by atoms with Crippen molar-refractivity contribution >= 4 is 21.6 Å². The quantitative estimate of drug-likeness (QED) is 0.745. The molecule has 0 heterocycles. The number of hydrogen-bond donors (Lipinski definition) is 0. The Kier molecular flexibility index (Phi) is 6.39. The van der Waals surface area contributed by atoms with Gasteiger partial charge in [0.25, 0.3) is 0 Å².